The summed E-state index contributed by atoms with van der Waals surface area (Å²) >= 11 is 0. The second kappa shape index (κ2) is 3.87. The van der Waals surface area contributed by atoms with E-state index < -0.39 is 10.1 Å². The molecule has 0 amide bonds. The van der Waals surface area contributed by atoms with Crippen LogP contribution in [-0.4, -0.2) is 13.0 Å². The molecule has 71 valence electrons. The maximum atomic E-state index is 10.6. The molecular formula is C8H9O4S. The van der Waals surface area contributed by atoms with E-state index in [9.17, 15) is 8.42 Å². The van der Waals surface area contributed by atoms with Crippen LogP contribution in [0.3, 0.4) is 0 Å². The smallest absolute Gasteiger partial charge is 0.294 e. The fraction of sp³-hybridized carbons (Fsp3) is 0.125. The normalized spacial score (nSPS) is 11.5. The third-order valence-electron chi connectivity index (χ3n) is 1.49. The molecule has 13 heavy (non-hydrogen) atoms. The molecule has 0 heterocycles. The van der Waals surface area contributed by atoms with Gasteiger partial charge >= 0.3 is 0 Å². The van der Waals surface area contributed by atoms with E-state index in [1.54, 1.807) is 12.1 Å². The van der Waals surface area contributed by atoms with E-state index in [1.165, 1.54) is 12.1 Å². The molecular weight excluding hydrogens is 192 g/mol. The molecule has 0 spiro atoms. The number of hydrogen-bond donors (Lipinski definition) is 1. The van der Waals surface area contributed by atoms with E-state index in [1.807, 2.05) is 0 Å². The van der Waals surface area contributed by atoms with E-state index in [-0.39, 0.29) is 4.90 Å². The Bertz CT molecular complexity index is 366. The molecule has 0 aromatic heterocycles. The summed E-state index contributed by atoms with van der Waals surface area (Å²) in [6.07, 6.45) is 0. The summed E-state index contributed by atoms with van der Waals surface area (Å²) in [7, 11) is -0.906. The van der Waals surface area contributed by atoms with Gasteiger partial charge in [-0.2, -0.15) is 8.42 Å². The number of benzene rings is 1. The maximum Gasteiger partial charge on any atom is 0.294 e. The minimum Gasteiger partial charge on any atom is -0.374 e. The summed E-state index contributed by atoms with van der Waals surface area (Å²) in [5.41, 5.74) is 0.794. The first-order valence-corrected chi connectivity index (χ1v) is 4.91. The van der Waals surface area contributed by atoms with Gasteiger partial charge in [-0.1, -0.05) is 12.1 Å². The van der Waals surface area contributed by atoms with Gasteiger partial charge in [-0.15, -0.1) is 0 Å². The molecule has 1 radical (unpaired) electrons. The number of rotatable bonds is 3. The van der Waals surface area contributed by atoms with Crippen molar-refractivity contribution in [2.24, 2.45) is 0 Å². The van der Waals surface area contributed by atoms with Crippen LogP contribution < -0.4 is 0 Å². The lowest BCUT2D eigenvalue weighted by Crippen LogP contribution is -1.97. The summed E-state index contributed by atoms with van der Waals surface area (Å²) in [5.74, 6) is 0. The summed E-state index contributed by atoms with van der Waals surface area (Å²) in [6.45, 7) is 0.311. The van der Waals surface area contributed by atoms with Crippen molar-refractivity contribution >= 4 is 10.1 Å². The van der Waals surface area contributed by atoms with Crippen LogP contribution in [-0.2, 0) is 21.5 Å². The van der Waals surface area contributed by atoms with Crippen LogP contribution in [0.15, 0.2) is 29.2 Å². The second-order valence-electron chi connectivity index (χ2n) is 2.47. The summed E-state index contributed by atoms with van der Waals surface area (Å²) in [6, 6.07) is 5.72. The monoisotopic (exact) mass is 201 g/mol. The Kier molecular flexibility index (Phi) is 3.02. The van der Waals surface area contributed by atoms with E-state index in [4.69, 9.17) is 4.55 Å². The Morgan fingerprint density at radius 1 is 1.31 bits per heavy atom. The molecule has 5 heteroatoms. The number of ether oxygens (including phenoxy) is 1. The van der Waals surface area contributed by atoms with Gasteiger partial charge in [-0.3, -0.25) is 4.55 Å². The van der Waals surface area contributed by atoms with Gasteiger partial charge in [0.2, 0.25) is 0 Å². The zero-order chi connectivity index (χ0) is 9.90. The molecule has 1 aromatic carbocycles. The molecule has 0 aliphatic carbocycles. The molecule has 0 saturated carbocycles. The third kappa shape index (κ3) is 2.80. The first-order valence-electron chi connectivity index (χ1n) is 3.47. The van der Waals surface area contributed by atoms with Gasteiger partial charge in [0.05, 0.1) is 18.6 Å². The summed E-state index contributed by atoms with van der Waals surface area (Å²) < 4.78 is 34.5. The molecule has 1 N–H and O–H groups in total. The molecule has 0 saturated heterocycles. The Balaban J connectivity index is 2.94. The zero-order valence-corrected chi connectivity index (χ0v) is 7.62. The van der Waals surface area contributed by atoms with Gasteiger partial charge in [0, 0.05) is 0 Å². The first-order chi connectivity index (χ1) is 6.04. The lowest BCUT2D eigenvalue weighted by atomic mass is 10.2. The molecule has 1 rings (SSSR count). The molecule has 0 atom stereocenters. The van der Waals surface area contributed by atoms with Crippen molar-refractivity contribution in [2.45, 2.75) is 11.5 Å². The molecule has 0 aliphatic heterocycles. The molecule has 0 unspecified atom stereocenters. The predicted octanol–water partition coefficient (Wildman–Crippen LogP) is 1.24. The second-order valence-corrected chi connectivity index (χ2v) is 3.89. The molecule has 0 fully saturated rings. The molecule has 4 nitrogen and oxygen atoms in total. The average Bonchev–Trinajstić information content (AvgIpc) is 2.04. The average molecular weight is 201 g/mol. The Hall–Kier alpha value is -0.910. The fourth-order valence-corrected chi connectivity index (χ4v) is 1.36. The van der Waals surface area contributed by atoms with Gasteiger partial charge in [0.25, 0.3) is 10.1 Å². The highest BCUT2D eigenvalue weighted by Crippen LogP contribution is 2.10. The first kappa shape index (κ1) is 10.2. The molecule has 0 bridgehead atoms. The van der Waals surface area contributed by atoms with Crippen molar-refractivity contribution in [3.63, 3.8) is 0 Å². The van der Waals surface area contributed by atoms with Gasteiger partial charge in [-0.25, -0.2) is 0 Å². The standard InChI is InChI=1S/C8H9O4S/c1-12-6-7-2-4-8(5-3-7)13(9,10)11/h2-5H,1,6H2,(H,9,10,11). The minimum atomic E-state index is -4.09. The number of hydrogen-bond acceptors (Lipinski definition) is 3. The highest BCUT2D eigenvalue weighted by molar-refractivity contribution is 7.85. The van der Waals surface area contributed by atoms with E-state index in [2.05, 4.69) is 11.8 Å². The van der Waals surface area contributed by atoms with Gasteiger partial charge in [0.15, 0.2) is 0 Å². The van der Waals surface area contributed by atoms with Crippen LogP contribution in [0.1, 0.15) is 5.56 Å². The van der Waals surface area contributed by atoms with Crippen molar-refractivity contribution in [2.75, 3.05) is 0 Å². The van der Waals surface area contributed by atoms with Crippen molar-refractivity contribution in [3.05, 3.63) is 36.9 Å². The third-order valence-corrected chi connectivity index (χ3v) is 2.36. The van der Waals surface area contributed by atoms with Crippen LogP contribution in [0.25, 0.3) is 0 Å². The van der Waals surface area contributed by atoms with Crippen molar-refractivity contribution in [1.82, 2.24) is 0 Å². The van der Waals surface area contributed by atoms with Crippen LogP contribution in [0, 0.1) is 7.11 Å². The van der Waals surface area contributed by atoms with Crippen LogP contribution in [0.2, 0.25) is 0 Å². The van der Waals surface area contributed by atoms with Gasteiger partial charge in [-0.05, 0) is 17.7 Å². The lowest BCUT2D eigenvalue weighted by molar-refractivity contribution is 0.229. The minimum absolute atomic E-state index is 0.125. The van der Waals surface area contributed by atoms with Crippen molar-refractivity contribution in [3.8, 4) is 0 Å². The summed E-state index contributed by atoms with van der Waals surface area (Å²) in [5, 5.41) is 0. The maximum absolute atomic E-state index is 10.6. The predicted molar refractivity (Wildman–Crippen MR) is 46.4 cm³/mol. The topological polar surface area (TPSA) is 63.6 Å². The quantitative estimate of drug-likeness (QED) is 0.747. The Morgan fingerprint density at radius 3 is 2.23 bits per heavy atom. The van der Waals surface area contributed by atoms with E-state index in [0.717, 1.165) is 5.56 Å². The van der Waals surface area contributed by atoms with E-state index >= 15 is 0 Å². The van der Waals surface area contributed by atoms with E-state index in [0.29, 0.717) is 6.61 Å². The van der Waals surface area contributed by atoms with Crippen LogP contribution in [0.4, 0.5) is 0 Å². The fourth-order valence-electron chi connectivity index (χ4n) is 0.875. The van der Waals surface area contributed by atoms with Gasteiger partial charge in [0.1, 0.15) is 0 Å². The van der Waals surface area contributed by atoms with Crippen LogP contribution in [0.5, 0.6) is 0 Å². The van der Waals surface area contributed by atoms with Crippen molar-refractivity contribution in [1.29, 1.82) is 0 Å². The van der Waals surface area contributed by atoms with Crippen LogP contribution >= 0.6 is 0 Å². The summed E-state index contributed by atoms with van der Waals surface area (Å²) in [4.78, 5) is -0.125. The highest BCUT2D eigenvalue weighted by atomic mass is 32.2. The Labute approximate surface area is 76.9 Å². The molecule has 1 aromatic rings. The SMILES string of the molecule is [CH2]OCc1ccc(S(=O)(=O)O)cc1. The largest absolute Gasteiger partial charge is 0.374 e. The highest BCUT2D eigenvalue weighted by Gasteiger charge is 2.07. The molecule has 0 aliphatic rings. The van der Waals surface area contributed by atoms with Crippen molar-refractivity contribution < 1.29 is 17.7 Å². The lowest BCUT2D eigenvalue weighted by Gasteiger charge is -2.00. The zero-order valence-electron chi connectivity index (χ0n) is 6.80. The van der Waals surface area contributed by atoms with Gasteiger partial charge < -0.3 is 4.74 Å². The Morgan fingerprint density at radius 2 is 1.85 bits per heavy atom.